The standard InChI is InChI=1S/C27H25N3O3/c1-2-20-10-6-7-11-24(20)30-17-22(16-25(30)31)27-28-26(29-33-27)21-12-14-23(15-13-21)32-18-19-8-4-3-5-9-19/h3-15,22H,2,16-18H2,1H3. The molecule has 1 unspecified atom stereocenters. The second kappa shape index (κ2) is 9.28. The molecule has 1 amide bonds. The maximum absolute atomic E-state index is 12.7. The third-order valence-electron chi connectivity index (χ3n) is 5.94. The lowest BCUT2D eigenvalue weighted by Gasteiger charge is -2.19. The highest BCUT2D eigenvalue weighted by Crippen LogP contribution is 2.34. The second-order valence-electron chi connectivity index (χ2n) is 8.14. The number of para-hydroxylation sites is 1. The largest absolute Gasteiger partial charge is 0.489 e. The smallest absolute Gasteiger partial charge is 0.232 e. The van der Waals surface area contributed by atoms with E-state index in [2.05, 4.69) is 23.1 Å². The molecule has 1 aliphatic heterocycles. The predicted octanol–water partition coefficient (Wildman–Crippen LogP) is 5.40. The first kappa shape index (κ1) is 20.9. The second-order valence-corrected chi connectivity index (χ2v) is 8.14. The maximum Gasteiger partial charge on any atom is 0.232 e. The Kier molecular flexibility index (Phi) is 5.89. The van der Waals surface area contributed by atoms with Crippen LogP contribution in [0.4, 0.5) is 5.69 Å². The summed E-state index contributed by atoms with van der Waals surface area (Å²) in [4.78, 5) is 19.2. The van der Waals surface area contributed by atoms with Gasteiger partial charge in [0.05, 0.1) is 5.92 Å². The molecule has 2 heterocycles. The molecule has 6 heteroatoms. The summed E-state index contributed by atoms with van der Waals surface area (Å²) in [5.74, 6) is 1.76. The van der Waals surface area contributed by atoms with E-state index in [0.717, 1.165) is 34.5 Å². The zero-order chi connectivity index (χ0) is 22.6. The Labute approximate surface area is 192 Å². The van der Waals surface area contributed by atoms with E-state index in [4.69, 9.17) is 9.26 Å². The van der Waals surface area contributed by atoms with Crippen LogP contribution in [0.25, 0.3) is 11.4 Å². The lowest BCUT2D eigenvalue weighted by atomic mass is 10.1. The van der Waals surface area contributed by atoms with Crippen molar-refractivity contribution < 1.29 is 14.1 Å². The summed E-state index contributed by atoms with van der Waals surface area (Å²) < 4.78 is 11.4. The highest BCUT2D eigenvalue weighted by Gasteiger charge is 2.35. The van der Waals surface area contributed by atoms with Gasteiger partial charge in [-0.3, -0.25) is 4.79 Å². The Morgan fingerprint density at radius 2 is 1.76 bits per heavy atom. The number of anilines is 1. The van der Waals surface area contributed by atoms with Crippen LogP contribution >= 0.6 is 0 Å². The number of ether oxygens (including phenoxy) is 1. The van der Waals surface area contributed by atoms with Gasteiger partial charge in [0, 0.05) is 24.2 Å². The number of carbonyl (C=O) groups excluding carboxylic acids is 1. The van der Waals surface area contributed by atoms with Gasteiger partial charge < -0.3 is 14.2 Å². The third-order valence-corrected chi connectivity index (χ3v) is 5.94. The summed E-state index contributed by atoms with van der Waals surface area (Å²) in [7, 11) is 0. The molecular formula is C27H25N3O3. The average molecular weight is 440 g/mol. The molecule has 0 aliphatic carbocycles. The molecule has 1 saturated heterocycles. The SMILES string of the molecule is CCc1ccccc1N1CC(c2nc(-c3ccc(OCc4ccccc4)cc3)no2)CC1=O. The van der Waals surface area contributed by atoms with E-state index >= 15 is 0 Å². The maximum atomic E-state index is 12.7. The van der Waals surface area contributed by atoms with Crippen molar-refractivity contribution in [1.82, 2.24) is 10.1 Å². The minimum atomic E-state index is -0.114. The quantitative estimate of drug-likeness (QED) is 0.386. The molecule has 0 N–H and O–H groups in total. The van der Waals surface area contributed by atoms with Gasteiger partial charge in [-0.05, 0) is 47.9 Å². The first-order chi connectivity index (χ1) is 16.2. The molecule has 166 valence electrons. The Morgan fingerprint density at radius 3 is 2.55 bits per heavy atom. The number of rotatable bonds is 7. The first-order valence-electron chi connectivity index (χ1n) is 11.2. The van der Waals surface area contributed by atoms with Crippen LogP contribution in [0.2, 0.25) is 0 Å². The molecule has 4 aromatic rings. The number of aryl methyl sites for hydroxylation is 1. The van der Waals surface area contributed by atoms with Gasteiger partial charge in [0.15, 0.2) is 0 Å². The van der Waals surface area contributed by atoms with Gasteiger partial charge in [0.2, 0.25) is 17.6 Å². The molecule has 1 aliphatic rings. The van der Waals surface area contributed by atoms with Gasteiger partial charge in [-0.1, -0.05) is 60.6 Å². The van der Waals surface area contributed by atoms with Crippen LogP contribution < -0.4 is 9.64 Å². The Bertz CT molecular complexity index is 1230. The number of nitrogens with zero attached hydrogens (tertiary/aromatic N) is 3. The number of carbonyl (C=O) groups is 1. The fraction of sp³-hybridized carbons (Fsp3) is 0.222. The van der Waals surface area contributed by atoms with E-state index in [1.165, 1.54) is 0 Å². The van der Waals surface area contributed by atoms with E-state index in [1.54, 1.807) is 0 Å². The number of benzene rings is 3. The average Bonchev–Trinajstić information content (AvgIpc) is 3.51. The van der Waals surface area contributed by atoms with Gasteiger partial charge in [-0.15, -0.1) is 0 Å². The number of amides is 1. The fourth-order valence-corrected chi connectivity index (χ4v) is 4.14. The van der Waals surface area contributed by atoms with Gasteiger partial charge >= 0.3 is 0 Å². The van der Waals surface area contributed by atoms with Crippen molar-refractivity contribution in [3.05, 3.63) is 95.9 Å². The highest BCUT2D eigenvalue weighted by atomic mass is 16.5. The molecule has 0 bridgehead atoms. The number of hydrogen-bond donors (Lipinski definition) is 0. The molecule has 3 aromatic carbocycles. The van der Waals surface area contributed by atoms with Gasteiger partial charge in [-0.2, -0.15) is 4.98 Å². The third kappa shape index (κ3) is 4.51. The van der Waals surface area contributed by atoms with Crippen LogP contribution in [-0.2, 0) is 17.8 Å². The van der Waals surface area contributed by atoms with E-state index in [0.29, 0.717) is 31.3 Å². The van der Waals surface area contributed by atoms with Gasteiger partial charge in [-0.25, -0.2) is 0 Å². The van der Waals surface area contributed by atoms with E-state index in [1.807, 2.05) is 77.7 Å². The normalized spacial score (nSPS) is 15.7. The van der Waals surface area contributed by atoms with Crippen molar-refractivity contribution in [2.75, 3.05) is 11.4 Å². The fourth-order valence-electron chi connectivity index (χ4n) is 4.14. The van der Waals surface area contributed by atoms with Crippen LogP contribution in [0.1, 0.15) is 36.3 Å². The monoisotopic (exact) mass is 439 g/mol. The van der Waals surface area contributed by atoms with Crippen molar-refractivity contribution in [3.63, 3.8) is 0 Å². The van der Waals surface area contributed by atoms with Gasteiger partial charge in [0.1, 0.15) is 12.4 Å². The lowest BCUT2D eigenvalue weighted by molar-refractivity contribution is -0.117. The topological polar surface area (TPSA) is 68.5 Å². The zero-order valence-electron chi connectivity index (χ0n) is 18.5. The van der Waals surface area contributed by atoms with Crippen LogP contribution in [-0.4, -0.2) is 22.6 Å². The number of hydrogen-bond acceptors (Lipinski definition) is 5. The van der Waals surface area contributed by atoms with Crippen molar-refractivity contribution in [2.24, 2.45) is 0 Å². The summed E-state index contributed by atoms with van der Waals surface area (Å²) in [5, 5.41) is 4.15. The van der Waals surface area contributed by atoms with E-state index in [9.17, 15) is 4.79 Å². The Balaban J connectivity index is 1.26. The molecule has 1 aromatic heterocycles. The molecule has 0 saturated carbocycles. The zero-order valence-corrected chi connectivity index (χ0v) is 18.5. The molecule has 0 spiro atoms. The van der Waals surface area contributed by atoms with Crippen molar-refractivity contribution >= 4 is 11.6 Å². The molecular weight excluding hydrogens is 414 g/mol. The van der Waals surface area contributed by atoms with E-state index in [-0.39, 0.29) is 11.8 Å². The Morgan fingerprint density at radius 1 is 1.00 bits per heavy atom. The summed E-state index contributed by atoms with van der Waals surface area (Å²) in [5.41, 5.74) is 4.09. The van der Waals surface area contributed by atoms with E-state index < -0.39 is 0 Å². The molecule has 1 fully saturated rings. The molecule has 0 radical (unpaired) electrons. The highest BCUT2D eigenvalue weighted by molar-refractivity contribution is 5.97. The van der Waals surface area contributed by atoms with Crippen molar-refractivity contribution in [2.45, 2.75) is 32.3 Å². The molecule has 6 nitrogen and oxygen atoms in total. The van der Waals surface area contributed by atoms with Gasteiger partial charge in [0.25, 0.3) is 0 Å². The lowest BCUT2D eigenvalue weighted by Crippen LogP contribution is -2.25. The molecule has 5 rings (SSSR count). The van der Waals surface area contributed by atoms with Crippen molar-refractivity contribution in [1.29, 1.82) is 0 Å². The summed E-state index contributed by atoms with van der Waals surface area (Å²) in [6.45, 7) is 3.16. The summed E-state index contributed by atoms with van der Waals surface area (Å²) in [6, 6.07) is 25.7. The van der Waals surface area contributed by atoms with Crippen LogP contribution in [0.3, 0.4) is 0 Å². The predicted molar refractivity (Wildman–Crippen MR) is 126 cm³/mol. The molecule has 1 atom stereocenters. The summed E-state index contributed by atoms with van der Waals surface area (Å²) >= 11 is 0. The van der Waals surface area contributed by atoms with Crippen LogP contribution in [0.5, 0.6) is 5.75 Å². The number of aromatic nitrogens is 2. The van der Waals surface area contributed by atoms with Crippen molar-refractivity contribution in [3.8, 4) is 17.1 Å². The van der Waals surface area contributed by atoms with Crippen LogP contribution in [0.15, 0.2) is 83.4 Å². The Hall–Kier alpha value is -3.93. The minimum absolute atomic E-state index is 0.0839. The first-order valence-corrected chi connectivity index (χ1v) is 11.2. The summed E-state index contributed by atoms with van der Waals surface area (Å²) in [6.07, 6.45) is 1.24. The minimum Gasteiger partial charge on any atom is -0.489 e. The van der Waals surface area contributed by atoms with Crippen LogP contribution in [0, 0.1) is 0 Å². The molecule has 33 heavy (non-hydrogen) atoms.